The molecular formula is C23H17F3N4O2S3. The second kappa shape index (κ2) is 11.1. The zero-order chi connectivity index (χ0) is 24.8. The lowest BCUT2D eigenvalue weighted by Crippen LogP contribution is -2.14. The summed E-state index contributed by atoms with van der Waals surface area (Å²) >= 11 is 3.88. The van der Waals surface area contributed by atoms with Gasteiger partial charge in [-0.15, -0.1) is 11.3 Å². The van der Waals surface area contributed by atoms with Gasteiger partial charge in [-0.3, -0.25) is 9.59 Å². The summed E-state index contributed by atoms with van der Waals surface area (Å²) in [4.78, 5) is 33.1. The van der Waals surface area contributed by atoms with Crippen molar-refractivity contribution in [2.45, 2.75) is 15.5 Å². The third-order valence-corrected chi connectivity index (χ3v) is 7.55. The number of nitrogens with one attached hydrogen (secondary N) is 2. The molecule has 0 fully saturated rings. The van der Waals surface area contributed by atoms with Gasteiger partial charge in [0.25, 0.3) is 0 Å². The van der Waals surface area contributed by atoms with Crippen LogP contribution in [-0.4, -0.2) is 33.3 Å². The molecule has 0 aliphatic carbocycles. The van der Waals surface area contributed by atoms with Crippen molar-refractivity contribution in [1.82, 2.24) is 9.97 Å². The van der Waals surface area contributed by atoms with Crippen molar-refractivity contribution in [3.63, 3.8) is 0 Å². The lowest BCUT2D eigenvalue weighted by molar-refractivity contribution is -0.137. The first-order valence-corrected chi connectivity index (χ1v) is 12.9. The number of nitrogens with zero attached hydrogens (tertiary/aromatic N) is 2. The number of thioether (sulfide) groups is 2. The predicted molar refractivity (Wildman–Crippen MR) is 134 cm³/mol. The van der Waals surface area contributed by atoms with Crippen molar-refractivity contribution < 1.29 is 22.8 Å². The molecule has 180 valence electrons. The Bertz CT molecular complexity index is 1350. The highest BCUT2D eigenvalue weighted by Gasteiger charge is 2.30. The topological polar surface area (TPSA) is 84.0 Å². The summed E-state index contributed by atoms with van der Waals surface area (Å²) in [5, 5.41) is 6.09. The smallest absolute Gasteiger partial charge is 0.325 e. The lowest BCUT2D eigenvalue weighted by Gasteiger charge is -2.09. The van der Waals surface area contributed by atoms with Crippen LogP contribution in [0.2, 0.25) is 0 Å². The minimum absolute atomic E-state index is 0.00952. The molecule has 0 radical (unpaired) electrons. The van der Waals surface area contributed by atoms with Crippen molar-refractivity contribution in [3.05, 3.63) is 72.4 Å². The van der Waals surface area contributed by atoms with Crippen LogP contribution in [0.3, 0.4) is 0 Å². The second-order valence-corrected chi connectivity index (χ2v) is 10.3. The van der Waals surface area contributed by atoms with E-state index in [9.17, 15) is 22.8 Å². The fraction of sp³-hybridized carbons (Fsp3) is 0.130. The van der Waals surface area contributed by atoms with Crippen molar-refractivity contribution in [2.24, 2.45) is 0 Å². The summed E-state index contributed by atoms with van der Waals surface area (Å²) in [6, 6.07) is 15.3. The maximum Gasteiger partial charge on any atom is 0.416 e. The Labute approximate surface area is 210 Å². The molecule has 2 amide bonds. The van der Waals surface area contributed by atoms with E-state index in [0.717, 1.165) is 27.4 Å². The van der Waals surface area contributed by atoms with Crippen LogP contribution in [0, 0.1) is 0 Å². The fourth-order valence-electron chi connectivity index (χ4n) is 2.91. The molecule has 0 bridgehead atoms. The zero-order valence-electron chi connectivity index (χ0n) is 17.8. The first kappa shape index (κ1) is 25.0. The van der Waals surface area contributed by atoms with Crippen molar-refractivity contribution in [1.29, 1.82) is 0 Å². The third kappa shape index (κ3) is 7.20. The van der Waals surface area contributed by atoms with Crippen molar-refractivity contribution in [2.75, 3.05) is 22.1 Å². The van der Waals surface area contributed by atoms with Gasteiger partial charge in [-0.1, -0.05) is 35.7 Å². The molecule has 0 saturated heterocycles. The van der Waals surface area contributed by atoms with Gasteiger partial charge in [-0.25, -0.2) is 9.97 Å². The predicted octanol–water partition coefficient (Wildman–Crippen LogP) is 6.17. The normalized spacial score (nSPS) is 11.4. The summed E-state index contributed by atoms with van der Waals surface area (Å²) in [5.41, 5.74) is 0.604. The lowest BCUT2D eigenvalue weighted by atomic mass is 10.2. The Balaban J connectivity index is 1.31. The van der Waals surface area contributed by atoms with Crippen LogP contribution in [-0.2, 0) is 15.8 Å². The zero-order valence-corrected chi connectivity index (χ0v) is 20.3. The second-order valence-electron chi connectivity index (χ2n) is 7.08. The van der Waals surface area contributed by atoms with Crippen LogP contribution < -0.4 is 10.6 Å². The molecule has 0 unspecified atom stereocenters. The molecule has 2 aromatic heterocycles. The number of carbonyl (C=O) groups is 2. The van der Waals surface area contributed by atoms with Crippen LogP contribution in [0.1, 0.15) is 5.56 Å². The molecule has 2 N–H and O–H groups in total. The maximum atomic E-state index is 12.8. The Morgan fingerprint density at radius 2 is 1.63 bits per heavy atom. The van der Waals surface area contributed by atoms with E-state index in [1.54, 1.807) is 18.3 Å². The molecule has 12 heteroatoms. The summed E-state index contributed by atoms with van der Waals surface area (Å²) in [6.07, 6.45) is -2.81. The molecule has 0 saturated carbocycles. The van der Waals surface area contributed by atoms with Crippen LogP contribution in [0.15, 0.2) is 76.2 Å². The van der Waals surface area contributed by atoms with E-state index in [0.29, 0.717) is 10.0 Å². The van der Waals surface area contributed by atoms with E-state index in [2.05, 4.69) is 20.6 Å². The summed E-state index contributed by atoms with van der Waals surface area (Å²) in [6.45, 7) is 0. The minimum Gasteiger partial charge on any atom is -0.325 e. The van der Waals surface area contributed by atoms with Crippen LogP contribution in [0.25, 0.3) is 10.2 Å². The number of hydrogen-bond acceptors (Lipinski definition) is 7. The van der Waals surface area contributed by atoms with E-state index in [1.165, 1.54) is 47.0 Å². The average Bonchev–Trinajstić information content (AvgIpc) is 3.24. The number of aromatic nitrogens is 2. The van der Waals surface area contributed by atoms with E-state index >= 15 is 0 Å². The fourth-order valence-corrected chi connectivity index (χ4v) is 5.48. The van der Waals surface area contributed by atoms with Crippen molar-refractivity contribution in [3.8, 4) is 0 Å². The number of alkyl halides is 3. The van der Waals surface area contributed by atoms with E-state index in [-0.39, 0.29) is 23.1 Å². The molecule has 2 heterocycles. The minimum atomic E-state index is -4.48. The van der Waals surface area contributed by atoms with E-state index in [1.807, 2.05) is 24.3 Å². The number of fused-ring (bicyclic) bond motifs is 1. The average molecular weight is 535 g/mol. The molecular weight excluding hydrogens is 517 g/mol. The number of anilines is 2. The molecule has 35 heavy (non-hydrogen) atoms. The summed E-state index contributed by atoms with van der Waals surface area (Å²) < 4.78 is 40.0. The number of amides is 2. The molecule has 4 aromatic rings. The van der Waals surface area contributed by atoms with Gasteiger partial charge in [0.2, 0.25) is 11.8 Å². The standard InChI is InChI=1S/C23H17F3N4O2S3/c24-23(25,26)14-4-3-5-15(10-14)28-20(32)13-34-22-30-17-8-7-16(11-18(17)35-22)29-19(31)12-33-21-6-1-2-9-27-21/h1-11H,12-13H2,(H,28,32)(H,29,31). The molecule has 6 nitrogen and oxygen atoms in total. The van der Waals surface area contributed by atoms with Gasteiger partial charge in [0.15, 0.2) is 4.34 Å². The first-order chi connectivity index (χ1) is 16.8. The molecule has 0 aliphatic heterocycles. The molecule has 0 atom stereocenters. The number of hydrogen-bond donors (Lipinski definition) is 2. The molecule has 0 spiro atoms. The van der Waals surface area contributed by atoms with Gasteiger partial charge in [0.05, 0.1) is 32.3 Å². The Morgan fingerprint density at radius 1 is 0.886 bits per heavy atom. The molecule has 2 aromatic carbocycles. The van der Waals surface area contributed by atoms with Gasteiger partial charge < -0.3 is 10.6 Å². The number of thiazole rings is 1. The summed E-state index contributed by atoms with van der Waals surface area (Å²) in [5.74, 6) is -0.387. The highest BCUT2D eigenvalue weighted by atomic mass is 32.2. The van der Waals surface area contributed by atoms with Crippen LogP contribution in [0.5, 0.6) is 0 Å². The highest BCUT2D eigenvalue weighted by Crippen LogP contribution is 2.32. The van der Waals surface area contributed by atoms with Gasteiger partial charge in [0, 0.05) is 17.6 Å². The molecule has 0 aliphatic rings. The van der Waals surface area contributed by atoms with Gasteiger partial charge >= 0.3 is 6.18 Å². The SMILES string of the molecule is O=C(CSc1ccccn1)Nc1ccc2nc(SCC(=O)Nc3cccc(C(F)(F)F)c3)sc2c1. The number of halogens is 3. The Morgan fingerprint density at radius 3 is 2.34 bits per heavy atom. The summed E-state index contributed by atoms with van der Waals surface area (Å²) in [7, 11) is 0. The number of rotatable bonds is 8. The van der Waals surface area contributed by atoms with Crippen LogP contribution in [0.4, 0.5) is 24.5 Å². The largest absolute Gasteiger partial charge is 0.416 e. The molecule has 4 rings (SSSR count). The maximum absolute atomic E-state index is 12.8. The highest BCUT2D eigenvalue weighted by molar-refractivity contribution is 8.01. The van der Waals surface area contributed by atoms with Gasteiger partial charge in [0.1, 0.15) is 0 Å². The first-order valence-electron chi connectivity index (χ1n) is 10.1. The quantitative estimate of drug-likeness (QED) is 0.263. The number of benzene rings is 2. The number of carbonyl (C=O) groups excluding carboxylic acids is 2. The van der Waals surface area contributed by atoms with E-state index in [4.69, 9.17) is 0 Å². The van der Waals surface area contributed by atoms with Gasteiger partial charge in [-0.2, -0.15) is 13.2 Å². The number of pyridine rings is 1. The van der Waals surface area contributed by atoms with E-state index < -0.39 is 17.6 Å². The third-order valence-electron chi connectivity index (χ3n) is 4.44. The van der Waals surface area contributed by atoms with Gasteiger partial charge in [-0.05, 0) is 48.5 Å². The monoisotopic (exact) mass is 534 g/mol. The Kier molecular flexibility index (Phi) is 7.93. The van der Waals surface area contributed by atoms with Crippen LogP contribution >= 0.6 is 34.9 Å². The Hall–Kier alpha value is -3.09. The van der Waals surface area contributed by atoms with Crippen molar-refractivity contribution >= 4 is 68.3 Å².